The van der Waals surface area contributed by atoms with Crippen LogP contribution in [-0.2, 0) is 13.1 Å². The molecule has 0 amide bonds. The van der Waals surface area contributed by atoms with Gasteiger partial charge in [0.05, 0.1) is 6.54 Å². The van der Waals surface area contributed by atoms with Crippen LogP contribution < -0.4 is 5.73 Å². The van der Waals surface area contributed by atoms with Crippen molar-refractivity contribution < 1.29 is 0 Å². The summed E-state index contributed by atoms with van der Waals surface area (Å²) in [7, 11) is 0. The molecule has 0 saturated heterocycles. The topological polar surface area (TPSA) is 42.1 Å². The summed E-state index contributed by atoms with van der Waals surface area (Å²) in [6.45, 7) is 5.41. The molecule has 0 radical (unpaired) electrons. The lowest BCUT2D eigenvalue weighted by Crippen LogP contribution is -2.28. The van der Waals surface area contributed by atoms with Crippen LogP contribution in [-0.4, -0.2) is 23.0 Å². The molecule has 4 heteroatoms. The summed E-state index contributed by atoms with van der Waals surface area (Å²) in [5.41, 5.74) is 8.10. The van der Waals surface area contributed by atoms with E-state index >= 15 is 0 Å². The van der Waals surface area contributed by atoms with E-state index in [0.29, 0.717) is 6.54 Å². The quantitative estimate of drug-likeness (QED) is 0.868. The van der Waals surface area contributed by atoms with Crippen molar-refractivity contribution in [1.82, 2.24) is 9.88 Å². The molecule has 1 aromatic heterocycles. The fourth-order valence-electron chi connectivity index (χ4n) is 1.90. The molecule has 2 rings (SSSR count). The standard InChI is InChI=1S/C14H19N3S/c1-12-11-18-14(16-12)10-17(8-7-15)9-13-5-3-2-4-6-13/h2-6,11H,7-10,15H2,1H3. The number of hydrogen-bond donors (Lipinski definition) is 1. The molecule has 1 heterocycles. The molecular formula is C14H19N3S. The molecule has 0 atom stereocenters. The maximum atomic E-state index is 5.68. The molecule has 18 heavy (non-hydrogen) atoms. The van der Waals surface area contributed by atoms with Gasteiger partial charge in [-0.05, 0) is 12.5 Å². The Kier molecular flexibility index (Phi) is 4.87. The largest absolute Gasteiger partial charge is 0.329 e. The molecule has 96 valence electrons. The number of nitrogens with two attached hydrogens (primary N) is 1. The first kappa shape index (κ1) is 13.2. The zero-order chi connectivity index (χ0) is 12.8. The van der Waals surface area contributed by atoms with Gasteiger partial charge >= 0.3 is 0 Å². The van der Waals surface area contributed by atoms with Gasteiger partial charge in [0.2, 0.25) is 0 Å². The molecule has 0 spiro atoms. The first-order valence-corrected chi connectivity index (χ1v) is 7.03. The van der Waals surface area contributed by atoms with E-state index in [0.717, 1.165) is 30.3 Å². The summed E-state index contributed by atoms with van der Waals surface area (Å²) < 4.78 is 0. The monoisotopic (exact) mass is 261 g/mol. The molecule has 2 aromatic rings. The van der Waals surface area contributed by atoms with Crippen LogP contribution in [0.3, 0.4) is 0 Å². The summed E-state index contributed by atoms with van der Waals surface area (Å²) in [6, 6.07) is 10.5. The number of hydrogen-bond acceptors (Lipinski definition) is 4. The van der Waals surface area contributed by atoms with Crippen LogP contribution in [0, 0.1) is 6.92 Å². The van der Waals surface area contributed by atoms with Crippen LogP contribution >= 0.6 is 11.3 Å². The molecule has 0 fully saturated rings. The first-order chi connectivity index (χ1) is 8.78. The van der Waals surface area contributed by atoms with E-state index in [-0.39, 0.29) is 0 Å². The van der Waals surface area contributed by atoms with Gasteiger partial charge in [-0.3, -0.25) is 4.90 Å². The normalized spacial score (nSPS) is 11.1. The molecule has 0 saturated carbocycles. The highest BCUT2D eigenvalue weighted by molar-refractivity contribution is 7.09. The molecule has 0 unspecified atom stereocenters. The van der Waals surface area contributed by atoms with Crippen LogP contribution in [0.4, 0.5) is 0 Å². The average molecular weight is 261 g/mol. The smallest absolute Gasteiger partial charge is 0.107 e. The molecule has 3 nitrogen and oxygen atoms in total. The summed E-state index contributed by atoms with van der Waals surface area (Å²) in [5, 5.41) is 3.26. The van der Waals surface area contributed by atoms with E-state index in [2.05, 4.69) is 39.5 Å². The van der Waals surface area contributed by atoms with Gasteiger partial charge in [0, 0.05) is 30.7 Å². The number of thiazole rings is 1. The van der Waals surface area contributed by atoms with Gasteiger partial charge in [-0.15, -0.1) is 11.3 Å². The van der Waals surface area contributed by atoms with Gasteiger partial charge in [0.25, 0.3) is 0 Å². The zero-order valence-corrected chi connectivity index (χ0v) is 11.5. The molecule has 0 aliphatic heterocycles. The van der Waals surface area contributed by atoms with Crippen molar-refractivity contribution >= 4 is 11.3 Å². The van der Waals surface area contributed by atoms with Crippen LogP contribution in [0.2, 0.25) is 0 Å². The first-order valence-electron chi connectivity index (χ1n) is 6.15. The average Bonchev–Trinajstić information content (AvgIpc) is 2.76. The van der Waals surface area contributed by atoms with E-state index in [1.807, 2.05) is 13.0 Å². The Balaban J connectivity index is 1.99. The van der Waals surface area contributed by atoms with Gasteiger partial charge in [-0.2, -0.15) is 0 Å². The number of rotatable bonds is 6. The summed E-state index contributed by atoms with van der Waals surface area (Å²) >= 11 is 1.72. The Hall–Kier alpha value is -1.23. The molecule has 0 aliphatic carbocycles. The number of benzene rings is 1. The maximum Gasteiger partial charge on any atom is 0.107 e. The minimum Gasteiger partial charge on any atom is -0.329 e. The molecule has 2 N–H and O–H groups in total. The minimum atomic E-state index is 0.678. The number of nitrogens with zero attached hydrogens (tertiary/aromatic N) is 2. The van der Waals surface area contributed by atoms with Gasteiger partial charge in [0.1, 0.15) is 5.01 Å². The Morgan fingerprint density at radius 2 is 2.00 bits per heavy atom. The summed E-state index contributed by atoms with van der Waals surface area (Å²) in [6.07, 6.45) is 0. The van der Waals surface area contributed by atoms with Gasteiger partial charge < -0.3 is 5.73 Å². The molecular weight excluding hydrogens is 242 g/mol. The molecule has 0 aliphatic rings. The zero-order valence-electron chi connectivity index (χ0n) is 10.7. The van der Waals surface area contributed by atoms with Crippen molar-refractivity contribution in [2.45, 2.75) is 20.0 Å². The fourth-order valence-corrected chi connectivity index (χ4v) is 2.72. The van der Waals surface area contributed by atoms with Crippen LogP contribution in [0.1, 0.15) is 16.3 Å². The van der Waals surface area contributed by atoms with Gasteiger partial charge in [-0.1, -0.05) is 30.3 Å². The van der Waals surface area contributed by atoms with Crippen LogP contribution in [0.5, 0.6) is 0 Å². The Labute approximate surface area is 112 Å². The van der Waals surface area contributed by atoms with E-state index in [1.165, 1.54) is 5.56 Å². The number of aryl methyl sites for hydroxylation is 1. The SMILES string of the molecule is Cc1csc(CN(CCN)Cc2ccccc2)n1. The maximum absolute atomic E-state index is 5.68. The molecule has 0 bridgehead atoms. The Morgan fingerprint density at radius 3 is 2.61 bits per heavy atom. The lowest BCUT2D eigenvalue weighted by atomic mass is 10.2. The predicted molar refractivity (Wildman–Crippen MR) is 76.5 cm³/mol. The highest BCUT2D eigenvalue weighted by atomic mass is 32.1. The highest BCUT2D eigenvalue weighted by Crippen LogP contribution is 2.13. The van der Waals surface area contributed by atoms with E-state index in [9.17, 15) is 0 Å². The second-order valence-corrected chi connectivity index (χ2v) is 5.31. The van der Waals surface area contributed by atoms with E-state index < -0.39 is 0 Å². The highest BCUT2D eigenvalue weighted by Gasteiger charge is 2.08. The van der Waals surface area contributed by atoms with Crippen molar-refractivity contribution in [3.63, 3.8) is 0 Å². The lowest BCUT2D eigenvalue weighted by Gasteiger charge is -2.20. The van der Waals surface area contributed by atoms with Gasteiger partial charge in [-0.25, -0.2) is 4.98 Å². The van der Waals surface area contributed by atoms with Crippen molar-refractivity contribution in [2.75, 3.05) is 13.1 Å². The lowest BCUT2D eigenvalue weighted by molar-refractivity contribution is 0.264. The summed E-state index contributed by atoms with van der Waals surface area (Å²) in [4.78, 5) is 6.85. The van der Waals surface area contributed by atoms with E-state index in [4.69, 9.17) is 5.73 Å². The fraction of sp³-hybridized carbons (Fsp3) is 0.357. The van der Waals surface area contributed by atoms with E-state index in [1.54, 1.807) is 11.3 Å². The third-order valence-corrected chi connectivity index (χ3v) is 3.67. The van der Waals surface area contributed by atoms with Crippen molar-refractivity contribution in [3.05, 3.63) is 52.0 Å². The minimum absolute atomic E-state index is 0.678. The second-order valence-electron chi connectivity index (χ2n) is 4.37. The predicted octanol–water partition coefficient (Wildman–Crippen LogP) is 2.41. The van der Waals surface area contributed by atoms with Crippen molar-refractivity contribution in [2.24, 2.45) is 5.73 Å². The second kappa shape index (κ2) is 6.64. The van der Waals surface area contributed by atoms with Crippen molar-refractivity contribution in [3.8, 4) is 0 Å². The van der Waals surface area contributed by atoms with Crippen molar-refractivity contribution in [1.29, 1.82) is 0 Å². The third-order valence-electron chi connectivity index (χ3n) is 2.72. The Bertz CT molecular complexity index is 467. The number of aromatic nitrogens is 1. The third kappa shape index (κ3) is 3.91. The molecule has 1 aromatic carbocycles. The van der Waals surface area contributed by atoms with Crippen LogP contribution in [0.25, 0.3) is 0 Å². The Morgan fingerprint density at radius 1 is 1.22 bits per heavy atom. The summed E-state index contributed by atoms with van der Waals surface area (Å²) in [5.74, 6) is 0. The van der Waals surface area contributed by atoms with Crippen LogP contribution in [0.15, 0.2) is 35.7 Å². The van der Waals surface area contributed by atoms with Gasteiger partial charge in [0.15, 0.2) is 0 Å².